The fourth-order valence-electron chi connectivity index (χ4n) is 4.96. The molecule has 0 spiro atoms. The van der Waals surface area contributed by atoms with Gasteiger partial charge in [-0.2, -0.15) is 0 Å². The first-order chi connectivity index (χ1) is 14.1. The normalized spacial score (nSPS) is 30.1. The van der Waals surface area contributed by atoms with Crippen molar-refractivity contribution >= 4 is 24.3 Å². The molecule has 1 aliphatic carbocycles. The van der Waals surface area contributed by atoms with E-state index in [9.17, 15) is 9.59 Å². The Kier molecular flexibility index (Phi) is 7.64. The molecule has 1 aromatic carbocycles. The van der Waals surface area contributed by atoms with E-state index >= 15 is 0 Å². The zero-order valence-corrected chi connectivity index (χ0v) is 18.5. The fourth-order valence-corrected chi connectivity index (χ4v) is 4.96. The first-order valence-electron chi connectivity index (χ1n) is 10.9. The van der Waals surface area contributed by atoms with Crippen molar-refractivity contribution in [3.8, 4) is 5.75 Å². The number of amides is 1. The van der Waals surface area contributed by atoms with Crippen molar-refractivity contribution in [2.75, 3.05) is 33.4 Å². The van der Waals surface area contributed by atoms with Gasteiger partial charge in [-0.1, -0.05) is 0 Å². The van der Waals surface area contributed by atoms with Crippen LogP contribution in [0.15, 0.2) is 24.3 Å². The number of ether oxygens (including phenoxy) is 2. The molecule has 166 valence electrons. The van der Waals surface area contributed by atoms with Crippen LogP contribution in [0.4, 0.5) is 0 Å². The number of carbonyl (C=O) groups is 2. The summed E-state index contributed by atoms with van der Waals surface area (Å²) in [5.74, 6) is 0.614. The second-order valence-electron chi connectivity index (χ2n) is 8.95. The minimum Gasteiger partial charge on any atom is -0.493 e. The molecule has 0 atom stereocenters. The first-order valence-corrected chi connectivity index (χ1v) is 10.9. The minimum atomic E-state index is -0.135. The van der Waals surface area contributed by atoms with Gasteiger partial charge in [0.2, 0.25) is 0 Å². The lowest BCUT2D eigenvalue weighted by Crippen LogP contribution is -2.50. The van der Waals surface area contributed by atoms with Crippen molar-refractivity contribution in [2.45, 2.75) is 51.0 Å². The van der Waals surface area contributed by atoms with E-state index in [4.69, 9.17) is 9.47 Å². The summed E-state index contributed by atoms with van der Waals surface area (Å²) in [5.41, 5.74) is 0.991. The minimum absolute atomic E-state index is 0. The first kappa shape index (κ1) is 22.9. The predicted molar refractivity (Wildman–Crippen MR) is 117 cm³/mol. The molecular formula is C23H33ClN2O4. The lowest BCUT2D eigenvalue weighted by Gasteiger charge is -2.48. The Bertz CT molecular complexity index is 709. The SMILES string of the molecule is COC(=O)C1CCC(NC(=O)c2ccc(OCC34CCN(CC3)CC4)cc2)CC1.Cl. The smallest absolute Gasteiger partial charge is 0.308 e. The highest BCUT2D eigenvalue weighted by molar-refractivity contribution is 5.94. The summed E-state index contributed by atoms with van der Waals surface area (Å²) >= 11 is 0. The van der Waals surface area contributed by atoms with Crippen molar-refractivity contribution in [3.63, 3.8) is 0 Å². The third kappa shape index (κ3) is 5.27. The summed E-state index contributed by atoms with van der Waals surface area (Å²) in [6.45, 7) is 4.37. The predicted octanol–water partition coefficient (Wildman–Crippen LogP) is 3.43. The monoisotopic (exact) mass is 436 g/mol. The highest BCUT2D eigenvalue weighted by atomic mass is 35.5. The van der Waals surface area contributed by atoms with Crippen LogP contribution < -0.4 is 10.1 Å². The Morgan fingerprint density at radius 2 is 1.63 bits per heavy atom. The number of hydrogen-bond donors (Lipinski definition) is 1. The molecule has 0 radical (unpaired) electrons. The van der Waals surface area contributed by atoms with E-state index in [2.05, 4.69) is 10.2 Å². The van der Waals surface area contributed by atoms with Gasteiger partial charge in [0.1, 0.15) is 5.75 Å². The van der Waals surface area contributed by atoms with Crippen LogP contribution >= 0.6 is 12.4 Å². The zero-order valence-electron chi connectivity index (χ0n) is 17.7. The third-order valence-corrected chi connectivity index (χ3v) is 7.13. The molecule has 1 amide bonds. The summed E-state index contributed by atoms with van der Waals surface area (Å²) in [6.07, 6.45) is 6.84. The van der Waals surface area contributed by atoms with Crippen molar-refractivity contribution in [3.05, 3.63) is 29.8 Å². The third-order valence-electron chi connectivity index (χ3n) is 7.13. The van der Waals surface area contributed by atoms with Gasteiger partial charge in [0, 0.05) is 17.0 Å². The van der Waals surface area contributed by atoms with E-state index in [-0.39, 0.29) is 36.2 Å². The molecule has 0 aromatic heterocycles. The number of nitrogens with zero attached hydrogens (tertiary/aromatic N) is 1. The molecule has 3 saturated heterocycles. The molecule has 7 heteroatoms. The van der Waals surface area contributed by atoms with E-state index in [0.717, 1.165) is 38.0 Å². The molecule has 5 rings (SSSR count). The van der Waals surface area contributed by atoms with Crippen LogP contribution in [0.1, 0.15) is 55.3 Å². The molecule has 4 aliphatic rings. The van der Waals surface area contributed by atoms with Gasteiger partial charge < -0.3 is 19.7 Å². The summed E-state index contributed by atoms with van der Waals surface area (Å²) in [5, 5.41) is 3.10. The number of halogens is 1. The number of benzene rings is 1. The molecule has 3 heterocycles. The average molecular weight is 437 g/mol. The number of methoxy groups -OCH3 is 1. The maximum atomic E-state index is 12.6. The number of nitrogens with one attached hydrogen (secondary N) is 1. The van der Waals surface area contributed by atoms with Gasteiger partial charge >= 0.3 is 5.97 Å². The van der Waals surface area contributed by atoms with Crippen LogP contribution in [0.5, 0.6) is 5.75 Å². The molecule has 30 heavy (non-hydrogen) atoms. The largest absolute Gasteiger partial charge is 0.493 e. The molecule has 1 N–H and O–H groups in total. The van der Waals surface area contributed by atoms with Crippen LogP contribution in [0.3, 0.4) is 0 Å². The Balaban J connectivity index is 0.00000256. The number of carbonyl (C=O) groups excluding carboxylic acids is 2. The maximum absolute atomic E-state index is 12.6. The van der Waals surface area contributed by atoms with Gasteiger partial charge in [0.15, 0.2) is 0 Å². The van der Waals surface area contributed by atoms with Crippen LogP contribution in [-0.4, -0.2) is 56.2 Å². The van der Waals surface area contributed by atoms with Gasteiger partial charge in [-0.15, -0.1) is 12.4 Å². The standard InChI is InChI=1S/C23H32N2O4.ClH/c1-28-22(27)18-2-6-19(7-3-18)24-21(26)17-4-8-20(9-5-17)29-16-23-10-13-25(14-11-23)15-12-23;/h4-5,8-9,18-19H,2-3,6-7,10-16H2,1H3,(H,24,26);1H. The molecule has 2 bridgehead atoms. The molecular weight excluding hydrogens is 404 g/mol. The van der Waals surface area contributed by atoms with Gasteiger partial charge in [-0.3, -0.25) is 9.59 Å². The maximum Gasteiger partial charge on any atom is 0.308 e. The molecule has 1 aromatic rings. The highest BCUT2D eigenvalue weighted by Crippen LogP contribution is 2.40. The van der Waals surface area contributed by atoms with Crippen molar-refractivity contribution in [2.24, 2.45) is 11.3 Å². The van der Waals surface area contributed by atoms with Crippen molar-refractivity contribution < 1.29 is 19.1 Å². The van der Waals surface area contributed by atoms with Gasteiger partial charge in [-0.05, 0) is 88.8 Å². The van der Waals surface area contributed by atoms with Crippen LogP contribution in [0.2, 0.25) is 0 Å². The van der Waals surface area contributed by atoms with E-state index in [0.29, 0.717) is 11.0 Å². The number of piperidine rings is 3. The van der Waals surface area contributed by atoms with E-state index in [1.807, 2.05) is 24.3 Å². The number of rotatable bonds is 6. The Hall–Kier alpha value is -1.79. The fraction of sp³-hybridized carbons (Fsp3) is 0.652. The molecule has 0 unspecified atom stereocenters. The van der Waals surface area contributed by atoms with Crippen LogP contribution in [-0.2, 0) is 9.53 Å². The van der Waals surface area contributed by atoms with Crippen LogP contribution in [0, 0.1) is 11.3 Å². The number of fused-ring (bicyclic) bond motifs is 3. The average Bonchev–Trinajstić information content (AvgIpc) is 2.79. The second-order valence-corrected chi connectivity index (χ2v) is 8.95. The quantitative estimate of drug-likeness (QED) is 0.692. The molecule has 4 fully saturated rings. The molecule has 6 nitrogen and oxygen atoms in total. The number of esters is 1. The number of hydrogen-bond acceptors (Lipinski definition) is 5. The lowest BCUT2D eigenvalue weighted by atomic mass is 9.73. The van der Waals surface area contributed by atoms with E-state index in [1.54, 1.807) is 0 Å². The Morgan fingerprint density at radius 3 is 2.20 bits per heavy atom. The highest BCUT2D eigenvalue weighted by Gasteiger charge is 2.39. The topological polar surface area (TPSA) is 67.9 Å². The van der Waals surface area contributed by atoms with E-state index < -0.39 is 0 Å². The van der Waals surface area contributed by atoms with Gasteiger partial charge in [0.05, 0.1) is 19.6 Å². The summed E-state index contributed by atoms with van der Waals surface area (Å²) in [6, 6.07) is 7.60. The van der Waals surface area contributed by atoms with Crippen molar-refractivity contribution in [1.82, 2.24) is 10.2 Å². The lowest BCUT2D eigenvalue weighted by molar-refractivity contribution is -0.146. The Morgan fingerprint density at radius 1 is 1.03 bits per heavy atom. The summed E-state index contributed by atoms with van der Waals surface area (Å²) in [7, 11) is 1.43. The van der Waals surface area contributed by atoms with Crippen LogP contribution in [0.25, 0.3) is 0 Å². The van der Waals surface area contributed by atoms with Crippen molar-refractivity contribution in [1.29, 1.82) is 0 Å². The second kappa shape index (κ2) is 10.0. The zero-order chi connectivity index (χ0) is 20.3. The molecule has 3 aliphatic heterocycles. The van der Waals surface area contributed by atoms with Gasteiger partial charge in [-0.25, -0.2) is 0 Å². The summed E-state index contributed by atoms with van der Waals surface area (Å²) < 4.78 is 10.9. The summed E-state index contributed by atoms with van der Waals surface area (Å²) in [4.78, 5) is 26.7. The Labute approximate surface area is 185 Å². The van der Waals surface area contributed by atoms with E-state index in [1.165, 1.54) is 46.0 Å². The molecule has 1 saturated carbocycles. The van der Waals surface area contributed by atoms with Gasteiger partial charge in [0.25, 0.3) is 5.91 Å².